The predicted octanol–water partition coefficient (Wildman–Crippen LogP) is 2.68. The summed E-state index contributed by atoms with van der Waals surface area (Å²) in [5.74, 6) is 0.854. The quantitative estimate of drug-likeness (QED) is 0.329. The van der Waals surface area contributed by atoms with E-state index in [-0.39, 0.29) is 0 Å². The van der Waals surface area contributed by atoms with Crippen molar-refractivity contribution in [1.29, 1.82) is 0 Å². The average molecular weight is 342 g/mol. The molecule has 0 amide bonds. The van der Waals surface area contributed by atoms with Crippen LogP contribution < -0.4 is 10.6 Å². The van der Waals surface area contributed by atoms with Crippen LogP contribution in [0, 0.1) is 0 Å². The van der Waals surface area contributed by atoms with Crippen LogP contribution in [0.4, 0.5) is 0 Å². The fourth-order valence-electron chi connectivity index (χ4n) is 1.89. The van der Waals surface area contributed by atoms with Crippen LogP contribution in [0.25, 0.3) is 0 Å². The van der Waals surface area contributed by atoms with E-state index in [9.17, 15) is 0 Å². The molecule has 0 fully saturated rings. The normalized spacial score (nSPS) is 11.7. The van der Waals surface area contributed by atoms with Gasteiger partial charge in [-0.2, -0.15) is 0 Å². The summed E-state index contributed by atoms with van der Waals surface area (Å²) in [5, 5.41) is 8.71. The number of hydrogen-bond acceptors (Lipinski definition) is 4. The fraction of sp³-hybridized carbons (Fsp3) is 0.706. The van der Waals surface area contributed by atoms with Crippen molar-refractivity contribution in [3.63, 3.8) is 0 Å². The van der Waals surface area contributed by atoms with Crippen molar-refractivity contribution >= 4 is 17.3 Å². The topological polar surface area (TPSA) is 54.9 Å². The minimum absolute atomic E-state index is 0.624. The molecule has 6 heteroatoms. The molecule has 5 nitrogen and oxygen atoms in total. The van der Waals surface area contributed by atoms with Gasteiger partial charge in [-0.25, -0.2) is 0 Å². The van der Waals surface area contributed by atoms with Gasteiger partial charge in [0.15, 0.2) is 5.96 Å². The van der Waals surface area contributed by atoms with Crippen molar-refractivity contribution in [2.75, 3.05) is 46.1 Å². The molecule has 0 aliphatic carbocycles. The Hall–Kier alpha value is -1.11. The van der Waals surface area contributed by atoms with Crippen molar-refractivity contribution < 1.29 is 9.47 Å². The second-order valence-electron chi connectivity index (χ2n) is 5.10. The van der Waals surface area contributed by atoms with Gasteiger partial charge < -0.3 is 20.1 Å². The smallest absolute Gasteiger partial charge is 0.191 e. The number of ether oxygens (including phenoxy) is 2. The second kappa shape index (κ2) is 14.5. The molecule has 2 N–H and O–H groups in total. The third kappa shape index (κ3) is 11.1. The van der Waals surface area contributed by atoms with E-state index in [1.165, 1.54) is 11.3 Å². The maximum Gasteiger partial charge on any atom is 0.191 e. The number of hydrogen-bond donors (Lipinski definition) is 2. The zero-order valence-corrected chi connectivity index (χ0v) is 15.3. The Morgan fingerprint density at radius 3 is 2.65 bits per heavy atom. The summed E-state index contributed by atoms with van der Waals surface area (Å²) in [6.07, 6.45) is 3.31. The van der Waals surface area contributed by atoms with Gasteiger partial charge in [0.05, 0.1) is 26.4 Å². The van der Waals surface area contributed by atoms with Crippen molar-refractivity contribution in [2.24, 2.45) is 4.99 Å². The van der Waals surface area contributed by atoms with Crippen LogP contribution in [0.2, 0.25) is 0 Å². The standard InChI is InChI=1S/C17H31N3O2S/c1-3-5-11-21-13-14-22-12-10-20-17(18-4-2)19-9-8-16-7-6-15-23-16/h6-7,15H,3-5,8-14H2,1-2H3,(H2,18,19,20). The summed E-state index contributed by atoms with van der Waals surface area (Å²) in [7, 11) is 0. The number of aliphatic imine (C=N–C) groups is 1. The van der Waals surface area contributed by atoms with Gasteiger partial charge in [0.25, 0.3) is 0 Å². The number of guanidine groups is 1. The minimum Gasteiger partial charge on any atom is -0.379 e. The first-order valence-corrected chi connectivity index (χ1v) is 9.44. The van der Waals surface area contributed by atoms with Crippen molar-refractivity contribution in [3.8, 4) is 0 Å². The Bertz CT molecular complexity index is 397. The first-order chi connectivity index (χ1) is 11.4. The summed E-state index contributed by atoms with van der Waals surface area (Å²) >= 11 is 1.79. The van der Waals surface area contributed by atoms with Gasteiger partial charge in [-0.05, 0) is 31.2 Å². The van der Waals surface area contributed by atoms with E-state index in [4.69, 9.17) is 9.47 Å². The minimum atomic E-state index is 0.624. The number of rotatable bonds is 13. The molecule has 0 bridgehead atoms. The van der Waals surface area contributed by atoms with Gasteiger partial charge >= 0.3 is 0 Å². The van der Waals surface area contributed by atoms with Crippen LogP contribution >= 0.6 is 11.3 Å². The molecule has 132 valence electrons. The van der Waals surface area contributed by atoms with Crippen LogP contribution in [0.5, 0.6) is 0 Å². The van der Waals surface area contributed by atoms with Gasteiger partial charge in [0.1, 0.15) is 0 Å². The molecular formula is C17H31N3O2S. The highest BCUT2D eigenvalue weighted by atomic mass is 32.1. The summed E-state index contributed by atoms with van der Waals surface area (Å²) in [5.41, 5.74) is 0. The van der Waals surface area contributed by atoms with Gasteiger partial charge in [-0.3, -0.25) is 4.99 Å². The molecule has 23 heavy (non-hydrogen) atoms. The lowest BCUT2D eigenvalue weighted by molar-refractivity contribution is 0.0497. The van der Waals surface area contributed by atoms with Crippen molar-refractivity contribution in [3.05, 3.63) is 22.4 Å². The highest BCUT2D eigenvalue weighted by Crippen LogP contribution is 2.07. The third-order valence-electron chi connectivity index (χ3n) is 3.11. The first kappa shape index (κ1) is 19.9. The zero-order chi connectivity index (χ0) is 16.6. The van der Waals surface area contributed by atoms with Crippen LogP contribution in [0.15, 0.2) is 22.5 Å². The van der Waals surface area contributed by atoms with Gasteiger partial charge in [0, 0.05) is 24.6 Å². The summed E-state index contributed by atoms with van der Waals surface area (Å²) in [6, 6.07) is 4.25. The number of thiophene rings is 1. The molecule has 0 saturated heterocycles. The summed E-state index contributed by atoms with van der Waals surface area (Å²) < 4.78 is 11.0. The molecule has 0 unspecified atom stereocenters. The molecular weight excluding hydrogens is 310 g/mol. The monoisotopic (exact) mass is 341 g/mol. The lowest BCUT2D eigenvalue weighted by Crippen LogP contribution is -2.38. The molecule has 1 rings (SSSR count). The van der Waals surface area contributed by atoms with Crippen molar-refractivity contribution in [2.45, 2.75) is 33.1 Å². The average Bonchev–Trinajstić information content (AvgIpc) is 3.06. The van der Waals surface area contributed by atoms with Crippen LogP contribution in [-0.4, -0.2) is 52.0 Å². The molecule has 0 spiro atoms. The molecule has 0 aliphatic heterocycles. The molecule has 0 radical (unpaired) electrons. The Kier molecular flexibility index (Phi) is 12.6. The third-order valence-corrected chi connectivity index (χ3v) is 4.04. The Balaban J connectivity index is 2.06. The van der Waals surface area contributed by atoms with E-state index in [0.717, 1.165) is 38.5 Å². The summed E-state index contributed by atoms with van der Waals surface area (Å²) in [6.45, 7) is 9.40. The van der Waals surface area contributed by atoms with Gasteiger partial charge in [0.2, 0.25) is 0 Å². The van der Waals surface area contributed by atoms with E-state index in [2.05, 4.69) is 47.0 Å². The largest absolute Gasteiger partial charge is 0.379 e. The van der Waals surface area contributed by atoms with Crippen molar-refractivity contribution in [1.82, 2.24) is 10.6 Å². The molecule has 1 aromatic heterocycles. The van der Waals surface area contributed by atoms with Crippen LogP contribution in [-0.2, 0) is 15.9 Å². The molecule has 0 atom stereocenters. The first-order valence-electron chi connectivity index (χ1n) is 8.56. The van der Waals surface area contributed by atoms with E-state index in [0.29, 0.717) is 26.4 Å². The number of nitrogens with zero attached hydrogens (tertiary/aromatic N) is 1. The molecule has 0 aromatic carbocycles. The molecule has 0 aliphatic rings. The van der Waals surface area contributed by atoms with E-state index >= 15 is 0 Å². The Morgan fingerprint density at radius 2 is 1.96 bits per heavy atom. The van der Waals surface area contributed by atoms with E-state index in [1.54, 1.807) is 11.3 Å². The number of unbranched alkanes of at least 4 members (excludes halogenated alkanes) is 1. The maximum atomic E-state index is 5.52. The highest BCUT2D eigenvalue weighted by molar-refractivity contribution is 7.09. The number of nitrogens with one attached hydrogen (secondary N) is 2. The molecule has 1 aromatic rings. The lowest BCUT2D eigenvalue weighted by atomic mass is 10.3. The van der Waals surface area contributed by atoms with E-state index < -0.39 is 0 Å². The van der Waals surface area contributed by atoms with Crippen LogP contribution in [0.3, 0.4) is 0 Å². The Labute approximate surface area is 144 Å². The van der Waals surface area contributed by atoms with Gasteiger partial charge in [-0.15, -0.1) is 11.3 Å². The molecule has 0 saturated carbocycles. The zero-order valence-electron chi connectivity index (χ0n) is 14.5. The predicted molar refractivity (Wildman–Crippen MR) is 98.6 cm³/mol. The highest BCUT2D eigenvalue weighted by Gasteiger charge is 1.98. The fourth-order valence-corrected chi connectivity index (χ4v) is 2.60. The SMILES string of the molecule is CCCCOCCOCCN=C(NCC)NCCc1cccs1. The van der Waals surface area contributed by atoms with Crippen LogP contribution in [0.1, 0.15) is 31.6 Å². The Morgan fingerprint density at radius 1 is 1.13 bits per heavy atom. The lowest BCUT2D eigenvalue weighted by Gasteiger charge is -2.11. The summed E-state index contributed by atoms with van der Waals surface area (Å²) in [4.78, 5) is 5.90. The molecule has 1 heterocycles. The maximum absolute atomic E-state index is 5.52. The second-order valence-corrected chi connectivity index (χ2v) is 6.13. The van der Waals surface area contributed by atoms with E-state index in [1.807, 2.05) is 0 Å². The van der Waals surface area contributed by atoms with Gasteiger partial charge in [-0.1, -0.05) is 19.4 Å².